The van der Waals surface area contributed by atoms with Crippen LogP contribution in [0.15, 0.2) is 24.4 Å². The Balaban J connectivity index is 1.78. The maximum absolute atomic E-state index is 12.1. The van der Waals surface area contributed by atoms with Gasteiger partial charge < -0.3 is 10.1 Å². The summed E-state index contributed by atoms with van der Waals surface area (Å²) in [6.45, 7) is 8.45. The van der Waals surface area contributed by atoms with Crippen LogP contribution in [0, 0.1) is 20.8 Å². The van der Waals surface area contributed by atoms with Crippen molar-refractivity contribution in [3.63, 3.8) is 0 Å². The third kappa shape index (κ3) is 4.85. The van der Waals surface area contributed by atoms with Crippen molar-refractivity contribution in [1.29, 1.82) is 0 Å². The first-order valence-corrected chi connectivity index (χ1v) is 8.34. The molecule has 0 spiro atoms. The van der Waals surface area contributed by atoms with E-state index in [-0.39, 0.29) is 11.9 Å². The topological polar surface area (TPSA) is 56.1 Å². The largest absolute Gasteiger partial charge is 0.491 e. The second-order valence-electron chi connectivity index (χ2n) is 6.41. The van der Waals surface area contributed by atoms with E-state index in [2.05, 4.69) is 10.4 Å². The summed E-state index contributed by atoms with van der Waals surface area (Å²) in [7, 11) is 1.89. The smallest absolute Gasteiger partial charge is 0.220 e. The number of hydrogen-bond acceptors (Lipinski definition) is 3. The second-order valence-corrected chi connectivity index (χ2v) is 6.41. The number of nitrogens with one attached hydrogen (secondary N) is 1. The van der Waals surface area contributed by atoms with Crippen LogP contribution in [0.3, 0.4) is 0 Å². The number of carbonyl (C=O) groups excluding carboxylic acids is 1. The minimum Gasteiger partial charge on any atom is -0.491 e. The number of aryl methyl sites for hydroxylation is 5. The SMILES string of the molecule is Cc1cccc(C)c1OCC(C)NC(=O)CCc1cn(C)nc1C. The zero-order chi connectivity index (χ0) is 17.7. The summed E-state index contributed by atoms with van der Waals surface area (Å²) in [5.41, 5.74) is 4.32. The Labute approximate surface area is 144 Å². The van der Waals surface area contributed by atoms with Gasteiger partial charge in [0, 0.05) is 19.7 Å². The quantitative estimate of drug-likeness (QED) is 0.850. The first kappa shape index (κ1) is 18.0. The molecule has 0 bridgehead atoms. The van der Waals surface area contributed by atoms with Crippen molar-refractivity contribution in [2.45, 2.75) is 46.6 Å². The predicted molar refractivity (Wildman–Crippen MR) is 95.3 cm³/mol. The van der Waals surface area contributed by atoms with E-state index in [1.807, 2.05) is 59.1 Å². The average Bonchev–Trinajstić information content (AvgIpc) is 2.82. The number of ether oxygens (including phenoxy) is 1. The highest BCUT2D eigenvalue weighted by Gasteiger charge is 2.11. The Hall–Kier alpha value is -2.30. The van der Waals surface area contributed by atoms with Gasteiger partial charge in [0.05, 0.1) is 11.7 Å². The summed E-state index contributed by atoms with van der Waals surface area (Å²) >= 11 is 0. The van der Waals surface area contributed by atoms with Crippen LogP contribution >= 0.6 is 0 Å². The molecular weight excluding hydrogens is 302 g/mol. The average molecular weight is 329 g/mol. The van der Waals surface area contributed by atoms with Crippen LogP contribution in [0.1, 0.15) is 35.7 Å². The second kappa shape index (κ2) is 7.99. The molecule has 0 aliphatic carbocycles. The molecule has 130 valence electrons. The van der Waals surface area contributed by atoms with Crippen LogP contribution in [0.25, 0.3) is 0 Å². The van der Waals surface area contributed by atoms with Gasteiger partial charge >= 0.3 is 0 Å². The number of hydrogen-bond donors (Lipinski definition) is 1. The van der Waals surface area contributed by atoms with E-state index in [9.17, 15) is 4.79 Å². The Bertz CT molecular complexity index is 686. The third-order valence-corrected chi connectivity index (χ3v) is 4.03. The van der Waals surface area contributed by atoms with E-state index in [1.165, 1.54) is 0 Å². The lowest BCUT2D eigenvalue weighted by molar-refractivity contribution is -0.121. The van der Waals surface area contributed by atoms with E-state index < -0.39 is 0 Å². The molecule has 1 atom stereocenters. The maximum Gasteiger partial charge on any atom is 0.220 e. The van der Waals surface area contributed by atoms with Gasteiger partial charge in [0.15, 0.2) is 0 Å². The lowest BCUT2D eigenvalue weighted by atomic mass is 10.1. The maximum atomic E-state index is 12.1. The van der Waals surface area contributed by atoms with Gasteiger partial charge in [-0.25, -0.2) is 0 Å². The van der Waals surface area contributed by atoms with Crippen LogP contribution in [-0.4, -0.2) is 28.3 Å². The fourth-order valence-corrected chi connectivity index (χ4v) is 2.77. The van der Waals surface area contributed by atoms with Gasteiger partial charge in [-0.15, -0.1) is 0 Å². The number of para-hydroxylation sites is 1. The van der Waals surface area contributed by atoms with Crippen LogP contribution in [-0.2, 0) is 18.3 Å². The van der Waals surface area contributed by atoms with Crippen LogP contribution in [0.4, 0.5) is 0 Å². The van der Waals surface area contributed by atoms with Crippen LogP contribution in [0.2, 0.25) is 0 Å². The summed E-state index contributed by atoms with van der Waals surface area (Å²) in [5.74, 6) is 0.945. The highest BCUT2D eigenvalue weighted by molar-refractivity contribution is 5.76. The molecule has 5 nitrogen and oxygen atoms in total. The first-order chi connectivity index (χ1) is 11.4. The standard InChI is InChI=1S/C19H27N3O2/c1-13-7-6-8-14(2)19(13)24-12-15(3)20-18(23)10-9-17-11-22(5)21-16(17)4/h6-8,11,15H,9-10,12H2,1-5H3,(H,20,23). The Morgan fingerprint density at radius 2 is 1.96 bits per heavy atom. The minimum absolute atomic E-state index is 0.0356. The molecule has 0 radical (unpaired) electrons. The fourth-order valence-electron chi connectivity index (χ4n) is 2.77. The molecule has 0 fully saturated rings. The molecule has 0 saturated heterocycles. The monoisotopic (exact) mass is 329 g/mol. The molecule has 1 amide bonds. The molecule has 1 aromatic heterocycles. The molecule has 0 saturated carbocycles. The van der Waals surface area contributed by atoms with Crippen molar-refractivity contribution in [3.05, 3.63) is 46.8 Å². The Kier molecular flexibility index (Phi) is 6.01. The van der Waals surface area contributed by atoms with Crippen LogP contribution < -0.4 is 10.1 Å². The third-order valence-electron chi connectivity index (χ3n) is 4.03. The van der Waals surface area contributed by atoms with Crippen LogP contribution in [0.5, 0.6) is 5.75 Å². The van der Waals surface area contributed by atoms with Gasteiger partial charge in [-0.3, -0.25) is 9.48 Å². The van der Waals surface area contributed by atoms with E-state index >= 15 is 0 Å². The summed E-state index contributed by atoms with van der Waals surface area (Å²) in [4.78, 5) is 12.1. The lowest BCUT2D eigenvalue weighted by Gasteiger charge is -2.17. The minimum atomic E-state index is -0.0356. The zero-order valence-electron chi connectivity index (χ0n) is 15.2. The molecule has 0 aliphatic rings. The molecule has 1 heterocycles. The lowest BCUT2D eigenvalue weighted by Crippen LogP contribution is -2.37. The molecule has 2 aromatic rings. The molecule has 1 aromatic carbocycles. The van der Waals surface area contributed by atoms with Gasteiger partial charge in [-0.05, 0) is 50.8 Å². The molecule has 2 rings (SSSR count). The first-order valence-electron chi connectivity index (χ1n) is 8.34. The molecule has 5 heteroatoms. The molecular formula is C19H27N3O2. The number of rotatable bonds is 7. The summed E-state index contributed by atoms with van der Waals surface area (Å²) < 4.78 is 7.67. The zero-order valence-corrected chi connectivity index (χ0v) is 15.2. The Morgan fingerprint density at radius 3 is 2.54 bits per heavy atom. The highest BCUT2D eigenvalue weighted by atomic mass is 16.5. The number of benzene rings is 1. The molecule has 1 unspecified atom stereocenters. The molecule has 24 heavy (non-hydrogen) atoms. The van der Waals surface area contributed by atoms with Gasteiger partial charge in [-0.1, -0.05) is 18.2 Å². The molecule has 1 N–H and O–H groups in total. The van der Waals surface area contributed by atoms with Crippen molar-refractivity contribution >= 4 is 5.91 Å². The van der Waals surface area contributed by atoms with E-state index in [0.29, 0.717) is 19.4 Å². The Morgan fingerprint density at radius 1 is 1.29 bits per heavy atom. The number of aromatic nitrogens is 2. The van der Waals surface area contributed by atoms with E-state index in [4.69, 9.17) is 4.74 Å². The summed E-state index contributed by atoms with van der Waals surface area (Å²) in [6.07, 6.45) is 3.13. The van der Waals surface area contributed by atoms with E-state index in [0.717, 1.165) is 28.1 Å². The predicted octanol–water partition coefficient (Wildman–Crippen LogP) is 2.86. The van der Waals surface area contributed by atoms with Crippen molar-refractivity contribution in [2.75, 3.05) is 6.61 Å². The normalized spacial score (nSPS) is 12.0. The number of nitrogens with zero attached hydrogens (tertiary/aromatic N) is 2. The van der Waals surface area contributed by atoms with Gasteiger partial charge in [-0.2, -0.15) is 5.10 Å². The fraction of sp³-hybridized carbons (Fsp3) is 0.474. The van der Waals surface area contributed by atoms with Crippen molar-refractivity contribution in [2.24, 2.45) is 7.05 Å². The van der Waals surface area contributed by atoms with Gasteiger partial charge in [0.25, 0.3) is 0 Å². The molecule has 0 aliphatic heterocycles. The van der Waals surface area contributed by atoms with Gasteiger partial charge in [0.1, 0.15) is 12.4 Å². The van der Waals surface area contributed by atoms with E-state index in [1.54, 1.807) is 4.68 Å². The van der Waals surface area contributed by atoms with Gasteiger partial charge in [0.2, 0.25) is 5.91 Å². The van der Waals surface area contributed by atoms with Crippen molar-refractivity contribution < 1.29 is 9.53 Å². The van der Waals surface area contributed by atoms with Crippen molar-refractivity contribution in [1.82, 2.24) is 15.1 Å². The highest BCUT2D eigenvalue weighted by Crippen LogP contribution is 2.22. The number of carbonyl (C=O) groups is 1. The number of amides is 1. The summed E-state index contributed by atoms with van der Waals surface area (Å²) in [5, 5.41) is 7.29. The summed E-state index contributed by atoms with van der Waals surface area (Å²) in [6, 6.07) is 6.04. The van der Waals surface area contributed by atoms with Crippen molar-refractivity contribution in [3.8, 4) is 5.75 Å².